The Balaban J connectivity index is 2.48. The molecule has 98 valence electrons. The summed E-state index contributed by atoms with van der Waals surface area (Å²) in [6, 6.07) is 4.04. The van der Waals surface area contributed by atoms with Gasteiger partial charge in [-0.2, -0.15) is 0 Å². The molecule has 0 N–H and O–H groups in total. The van der Waals surface area contributed by atoms with Crippen molar-refractivity contribution >= 4 is 8.32 Å². The maximum Gasteiger partial charge on any atom is 0.183 e. The van der Waals surface area contributed by atoms with Crippen LogP contribution in [-0.4, -0.2) is 14.9 Å². The van der Waals surface area contributed by atoms with Crippen LogP contribution in [0, 0.1) is 0 Å². The highest BCUT2D eigenvalue weighted by Gasteiger charge is 2.20. The summed E-state index contributed by atoms with van der Waals surface area (Å²) in [7, 11) is -1.42. The van der Waals surface area contributed by atoms with Gasteiger partial charge in [0, 0.05) is 12.5 Å². The van der Waals surface area contributed by atoms with Crippen LogP contribution in [0.1, 0.15) is 44.3 Å². The van der Waals surface area contributed by atoms with E-state index in [4.69, 9.17) is 8.84 Å². The van der Waals surface area contributed by atoms with Crippen LogP contribution in [0.25, 0.3) is 0 Å². The maximum absolute atomic E-state index is 6.02. The predicted octanol–water partition coefficient (Wildman–Crippen LogP) is 4.80. The monoisotopic (exact) mass is 254 g/mol. The van der Waals surface area contributed by atoms with E-state index in [9.17, 15) is 0 Å². The molecule has 0 fully saturated rings. The van der Waals surface area contributed by atoms with E-state index in [0.717, 1.165) is 12.4 Å². The Bertz CT molecular complexity index is 288. The Kier molecular flexibility index (Phi) is 5.99. The smallest absolute Gasteiger partial charge is 0.183 e. The van der Waals surface area contributed by atoms with Crippen LogP contribution in [0.3, 0.4) is 0 Å². The summed E-state index contributed by atoms with van der Waals surface area (Å²) in [6.07, 6.45) is 6.75. The molecule has 17 heavy (non-hydrogen) atoms. The van der Waals surface area contributed by atoms with Crippen molar-refractivity contribution in [3.8, 4) is 0 Å². The summed E-state index contributed by atoms with van der Waals surface area (Å²) in [5, 5.41) is 0. The summed E-state index contributed by atoms with van der Waals surface area (Å²) in [5.41, 5.74) is 0. The fraction of sp³-hybridized carbons (Fsp3) is 0.714. The van der Waals surface area contributed by atoms with Gasteiger partial charge in [0.05, 0.1) is 6.26 Å². The largest absolute Gasteiger partial charge is 0.469 e. The zero-order valence-electron chi connectivity index (χ0n) is 11.7. The second-order valence-electron chi connectivity index (χ2n) is 5.63. The lowest BCUT2D eigenvalue weighted by Crippen LogP contribution is -2.28. The van der Waals surface area contributed by atoms with Gasteiger partial charge in [0.15, 0.2) is 8.32 Å². The van der Waals surface area contributed by atoms with Crippen molar-refractivity contribution in [1.82, 2.24) is 0 Å². The average Bonchev–Trinajstić information content (AvgIpc) is 2.75. The van der Waals surface area contributed by atoms with Gasteiger partial charge in [-0.15, -0.1) is 0 Å². The SMILES string of the molecule is CCCCCC(CO[Si](C)(C)C)c1ccco1. The van der Waals surface area contributed by atoms with Gasteiger partial charge in [-0.3, -0.25) is 0 Å². The highest BCUT2D eigenvalue weighted by Crippen LogP contribution is 2.24. The van der Waals surface area contributed by atoms with Crippen LogP contribution in [0.2, 0.25) is 19.6 Å². The first-order valence-electron chi connectivity index (χ1n) is 6.70. The molecule has 0 saturated carbocycles. The number of hydrogen-bond acceptors (Lipinski definition) is 2. The Morgan fingerprint density at radius 2 is 2.06 bits per heavy atom. The summed E-state index contributed by atoms with van der Waals surface area (Å²) in [5.74, 6) is 1.52. The molecule has 0 aliphatic carbocycles. The fourth-order valence-corrected chi connectivity index (χ4v) is 2.52. The van der Waals surface area contributed by atoms with Gasteiger partial charge in [-0.1, -0.05) is 26.2 Å². The number of unbranched alkanes of at least 4 members (excludes halogenated alkanes) is 2. The highest BCUT2D eigenvalue weighted by atomic mass is 28.4. The van der Waals surface area contributed by atoms with E-state index >= 15 is 0 Å². The van der Waals surface area contributed by atoms with E-state index in [1.54, 1.807) is 6.26 Å². The minimum atomic E-state index is -1.42. The van der Waals surface area contributed by atoms with Crippen molar-refractivity contribution in [2.24, 2.45) is 0 Å². The highest BCUT2D eigenvalue weighted by molar-refractivity contribution is 6.69. The number of hydrogen-bond donors (Lipinski definition) is 0. The maximum atomic E-state index is 6.02. The Morgan fingerprint density at radius 1 is 1.29 bits per heavy atom. The van der Waals surface area contributed by atoms with E-state index in [-0.39, 0.29) is 0 Å². The molecule has 0 radical (unpaired) electrons. The van der Waals surface area contributed by atoms with Crippen molar-refractivity contribution in [2.45, 2.75) is 58.2 Å². The third-order valence-electron chi connectivity index (χ3n) is 2.82. The molecule has 1 aromatic rings. The predicted molar refractivity (Wildman–Crippen MR) is 74.9 cm³/mol. The van der Waals surface area contributed by atoms with E-state index in [1.807, 2.05) is 6.07 Å². The minimum Gasteiger partial charge on any atom is -0.469 e. The second-order valence-corrected chi connectivity index (χ2v) is 10.1. The van der Waals surface area contributed by atoms with Crippen molar-refractivity contribution in [2.75, 3.05) is 6.61 Å². The van der Waals surface area contributed by atoms with Gasteiger partial charge < -0.3 is 8.84 Å². The number of rotatable bonds is 8. The number of furan rings is 1. The normalized spacial score (nSPS) is 13.9. The lowest BCUT2D eigenvalue weighted by atomic mass is 10.00. The molecule has 3 heteroatoms. The fourth-order valence-electron chi connectivity index (χ4n) is 1.82. The van der Waals surface area contributed by atoms with Gasteiger partial charge >= 0.3 is 0 Å². The van der Waals surface area contributed by atoms with Gasteiger partial charge in [-0.25, -0.2) is 0 Å². The van der Waals surface area contributed by atoms with Crippen molar-refractivity contribution in [3.05, 3.63) is 24.2 Å². The molecule has 2 nitrogen and oxygen atoms in total. The molecule has 0 saturated heterocycles. The van der Waals surface area contributed by atoms with Gasteiger partial charge in [-0.05, 0) is 38.2 Å². The van der Waals surface area contributed by atoms with Crippen LogP contribution in [0.5, 0.6) is 0 Å². The van der Waals surface area contributed by atoms with E-state index in [1.165, 1.54) is 25.7 Å². The third kappa shape index (κ3) is 6.08. The summed E-state index contributed by atoms with van der Waals surface area (Å²) >= 11 is 0. The average molecular weight is 254 g/mol. The zero-order valence-corrected chi connectivity index (χ0v) is 12.7. The van der Waals surface area contributed by atoms with Crippen LogP contribution in [0.15, 0.2) is 22.8 Å². The van der Waals surface area contributed by atoms with Crippen LogP contribution >= 0.6 is 0 Å². The molecule has 1 aromatic heterocycles. The summed E-state index contributed by atoms with van der Waals surface area (Å²) in [4.78, 5) is 0. The lowest BCUT2D eigenvalue weighted by Gasteiger charge is -2.22. The van der Waals surface area contributed by atoms with E-state index in [2.05, 4.69) is 32.6 Å². The third-order valence-corrected chi connectivity index (χ3v) is 3.85. The Hall–Kier alpha value is -0.543. The Labute approximate surface area is 106 Å². The molecule has 1 rings (SSSR count). The molecule has 1 unspecified atom stereocenters. The lowest BCUT2D eigenvalue weighted by molar-refractivity contribution is 0.254. The second kappa shape index (κ2) is 7.02. The topological polar surface area (TPSA) is 22.4 Å². The summed E-state index contributed by atoms with van der Waals surface area (Å²) in [6.45, 7) is 9.75. The van der Waals surface area contributed by atoms with Gasteiger partial charge in [0.1, 0.15) is 5.76 Å². The molecule has 0 aliphatic rings. The minimum absolute atomic E-state index is 0.434. The van der Waals surface area contributed by atoms with E-state index in [0.29, 0.717) is 5.92 Å². The first-order chi connectivity index (χ1) is 8.03. The van der Waals surface area contributed by atoms with Crippen LogP contribution < -0.4 is 0 Å². The molecule has 0 amide bonds. The molecule has 1 atom stereocenters. The standard InChI is InChI=1S/C14H26O2Si/c1-5-6-7-9-13(12-16-17(2,3)4)14-10-8-11-15-14/h8,10-11,13H,5-7,9,12H2,1-4H3. The molecule has 0 aromatic carbocycles. The zero-order chi connectivity index (χ0) is 12.7. The molecular weight excluding hydrogens is 228 g/mol. The van der Waals surface area contributed by atoms with Crippen LogP contribution in [-0.2, 0) is 4.43 Å². The molecule has 0 aliphatic heterocycles. The van der Waals surface area contributed by atoms with Crippen molar-refractivity contribution < 1.29 is 8.84 Å². The molecular formula is C14H26O2Si. The summed E-state index contributed by atoms with van der Waals surface area (Å²) < 4.78 is 11.6. The molecule has 0 spiro atoms. The molecule has 0 bridgehead atoms. The first-order valence-corrected chi connectivity index (χ1v) is 10.1. The van der Waals surface area contributed by atoms with Gasteiger partial charge in [0.25, 0.3) is 0 Å². The quantitative estimate of drug-likeness (QED) is 0.491. The Morgan fingerprint density at radius 3 is 2.59 bits per heavy atom. The van der Waals surface area contributed by atoms with Crippen molar-refractivity contribution in [1.29, 1.82) is 0 Å². The first kappa shape index (κ1) is 14.5. The molecule has 1 heterocycles. The van der Waals surface area contributed by atoms with Gasteiger partial charge in [0.2, 0.25) is 0 Å². The van der Waals surface area contributed by atoms with Crippen molar-refractivity contribution in [3.63, 3.8) is 0 Å². The van der Waals surface area contributed by atoms with E-state index < -0.39 is 8.32 Å². The van der Waals surface area contributed by atoms with Crippen LogP contribution in [0.4, 0.5) is 0 Å².